The molecule has 1 atom stereocenters. The number of sulfonamides is 1. The number of hydrogen-bond acceptors (Lipinski definition) is 6. The van der Waals surface area contributed by atoms with E-state index in [2.05, 4.69) is 10.2 Å². The topological polar surface area (TPSA) is 88.2 Å². The molecule has 1 unspecified atom stereocenters. The monoisotopic (exact) mass is 461 g/mol. The summed E-state index contributed by atoms with van der Waals surface area (Å²) in [6.45, 7) is 3.61. The predicted molar refractivity (Wildman–Crippen MR) is 127 cm³/mol. The van der Waals surface area contributed by atoms with E-state index in [4.69, 9.17) is 9.47 Å². The Labute approximate surface area is 190 Å². The normalized spacial score (nSPS) is 15.1. The van der Waals surface area contributed by atoms with Gasteiger partial charge >= 0.3 is 0 Å². The Kier molecular flexibility index (Phi) is 7.50. The van der Waals surface area contributed by atoms with Gasteiger partial charge in [0.05, 0.1) is 26.2 Å². The number of piperidine rings is 1. The van der Waals surface area contributed by atoms with Crippen molar-refractivity contribution in [3.05, 3.63) is 42.5 Å². The number of rotatable bonds is 8. The van der Waals surface area contributed by atoms with Crippen LogP contribution in [-0.2, 0) is 14.8 Å². The van der Waals surface area contributed by atoms with E-state index in [9.17, 15) is 13.2 Å². The van der Waals surface area contributed by atoms with Gasteiger partial charge in [-0.15, -0.1) is 0 Å². The van der Waals surface area contributed by atoms with Crippen molar-refractivity contribution in [1.82, 2.24) is 0 Å². The van der Waals surface area contributed by atoms with Crippen molar-refractivity contribution < 1.29 is 22.7 Å². The van der Waals surface area contributed by atoms with Crippen molar-refractivity contribution in [2.45, 2.75) is 32.2 Å². The molecule has 1 aliphatic rings. The zero-order chi connectivity index (χ0) is 23.3. The second-order valence-electron chi connectivity index (χ2n) is 7.86. The van der Waals surface area contributed by atoms with Crippen LogP contribution < -0.4 is 24.0 Å². The highest BCUT2D eigenvalue weighted by Gasteiger charge is 2.31. The SMILES string of the molecule is COc1ccc(OC)c(N(C(C)C(=O)Nc2ccc(N3CCCCC3)cc2)S(C)(=O)=O)c1. The van der Waals surface area contributed by atoms with Crippen LogP contribution in [0.2, 0.25) is 0 Å². The van der Waals surface area contributed by atoms with E-state index in [1.807, 2.05) is 24.3 Å². The van der Waals surface area contributed by atoms with Gasteiger partial charge in [0.25, 0.3) is 0 Å². The Morgan fingerprint density at radius 1 is 1.03 bits per heavy atom. The molecule has 2 aromatic carbocycles. The Morgan fingerprint density at radius 3 is 2.25 bits per heavy atom. The van der Waals surface area contributed by atoms with Crippen molar-refractivity contribution in [3.8, 4) is 11.5 Å². The molecule has 1 heterocycles. The molecule has 1 N–H and O–H groups in total. The van der Waals surface area contributed by atoms with Gasteiger partial charge in [-0.3, -0.25) is 9.10 Å². The smallest absolute Gasteiger partial charge is 0.247 e. The number of nitrogens with zero attached hydrogens (tertiary/aromatic N) is 2. The Hall–Kier alpha value is -2.94. The highest BCUT2D eigenvalue weighted by atomic mass is 32.2. The Balaban J connectivity index is 1.82. The van der Waals surface area contributed by atoms with Crippen LogP contribution in [0.25, 0.3) is 0 Å². The fourth-order valence-corrected chi connectivity index (χ4v) is 5.07. The lowest BCUT2D eigenvalue weighted by molar-refractivity contribution is -0.116. The molecule has 0 saturated carbocycles. The summed E-state index contributed by atoms with van der Waals surface area (Å²) in [4.78, 5) is 15.3. The zero-order valence-corrected chi connectivity index (χ0v) is 19.8. The number of hydrogen-bond donors (Lipinski definition) is 1. The minimum atomic E-state index is -3.80. The van der Waals surface area contributed by atoms with Crippen molar-refractivity contribution >= 4 is 33.0 Å². The van der Waals surface area contributed by atoms with Crippen molar-refractivity contribution in [1.29, 1.82) is 0 Å². The summed E-state index contributed by atoms with van der Waals surface area (Å²) >= 11 is 0. The van der Waals surface area contributed by atoms with Crippen LogP contribution in [0.3, 0.4) is 0 Å². The molecule has 1 amide bonds. The maximum Gasteiger partial charge on any atom is 0.247 e. The summed E-state index contributed by atoms with van der Waals surface area (Å²) in [6.07, 6.45) is 4.69. The van der Waals surface area contributed by atoms with Crippen LogP contribution >= 0.6 is 0 Å². The molecular weight excluding hydrogens is 430 g/mol. The quantitative estimate of drug-likeness (QED) is 0.648. The summed E-state index contributed by atoms with van der Waals surface area (Å²) in [5, 5.41) is 2.82. The standard InChI is InChI=1S/C23H31N3O5S/c1-17(26(32(4,28)29)21-16-20(30-2)12-13-22(21)31-3)23(27)24-18-8-10-19(11-9-18)25-14-6-5-7-15-25/h8-13,16-17H,5-7,14-15H2,1-4H3,(H,24,27). The third-order valence-corrected chi connectivity index (χ3v) is 6.80. The molecule has 1 saturated heterocycles. The van der Waals surface area contributed by atoms with Gasteiger partial charge < -0.3 is 19.7 Å². The highest BCUT2D eigenvalue weighted by molar-refractivity contribution is 7.92. The fourth-order valence-electron chi connectivity index (χ4n) is 3.90. The molecule has 0 radical (unpaired) electrons. The average molecular weight is 462 g/mol. The van der Waals surface area contributed by atoms with Gasteiger partial charge in [-0.2, -0.15) is 0 Å². The maximum absolute atomic E-state index is 13.0. The third-order valence-electron chi connectivity index (χ3n) is 5.57. The van der Waals surface area contributed by atoms with E-state index < -0.39 is 22.0 Å². The number of ether oxygens (including phenoxy) is 2. The number of methoxy groups -OCH3 is 2. The van der Waals surface area contributed by atoms with Crippen molar-refractivity contribution in [2.75, 3.05) is 48.1 Å². The summed E-state index contributed by atoms with van der Waals surface area (Å²) < 4.78 is 36.9. The highest BCUT2D eigenvalue weighted by Crippen LogP contribution is 2.35. The third kappa shape index (κ3) is 5.45. The van der Waals surface area contributed by atoms with E-state index in [0.717, 1.165) is 29.3 Å². The van der Waals surface area contributed by atoms with Gasteiger partial charge in [0.15, 0.2) is 0 Å². The van der Waals surface area contributed by atoms with Crippen molar-refractivity contribution in [3.63, 3.8) is 0 Å². The van der Waals surface area contributed by atoms with Crippen LogP contribution in [0, 0.1) is 0 Å². The first-order valence-corrected chi connectivity index (χ1v) is 12.5. The van der Waals surface area contributed by atoms with Gasteiger partial charge in [-0.1, -0.05) is 0 Å². The molecule has 1 fully saturated rings. The number of anilines is 3. The molecule has 0 bridgehead atoms. The van der Waals surface area contributed by atoms with Gasteiger partial charge in [-0.25, -0.2) is 8.42 Å². The minimum Gasteiger partial charge on any atom is -0.497 e. The maximum atomic E-state index is 13.0. The number of nitrogens with one attached hydrogen (secondary N) is 1. The number of carbonyl (C=O) groups is 1. The van der Waals surface area contributed by atoms with Crippen LogP contribution in [-0.4, -0.2) is 53.9 Å². The lowest BCUT2D eigenvalue weighted by Crippen LogP contribution is -2.45. The average Bonchev–Trinajstić information content (AvgIpc) is 2.79. The number of carbonyl (C=O) groups excluding carboxylic acids is 1. The van der Waals surface area contributed by atoms with Crippen LogP contribution in [0.5, 0.6) is 11.5 Å². The summed E-state index contributed by atoms with van der Waals surface area (Å²) in [5.41, 5.74) is 1.96. The lowest BCUT2D eigenvalue weighted by Gasteiger charge is -2.30. The first-order valence-electron chi connectivity index (χ1n) is 10.6. The molecule has 0 spiro atoms. The van der Waals surface area contributed by atoms with E-state index in [1.165, 1.54) is 46.5 Å². The van der Waals surface area contributed by atoms with Gasteiger partial charge in [0.2, 0.25) is 15.9 Å². The van der Waals surface area contributed by atoms with E-state index >= 15 is 0 Å². The molecular formula is C23H31N3O5S. The summed E-state index contributed by atoms with van der Waals surface area (Å²) in [5.74, 6) is 0.322. The molecule has 9 heteroatoms. The van der Waals surface area contributed by atoms with Crippen LogP contribution in [0.15, 0.2) is 42.5 Å². The van der Waals surface area contributed by atoms with E-state index in [0.29, 0.717) is 17.2 Å². The van der Waals surface area contributed by atoms with Crippen LogP contribution in [0.1, 0.15) is 26.2 Å². The fraction of sp³-hybridized carbons (Fsp3) is 0.435. The molecule has 2 aromatic rings. The minimum absolute atomic E-state index is 0.234. The van der Waals surface area contributed by atoms with E-state index in [1.54, 1.807) is 12.1 Å². The predicted octanol–water partition coefficient (Wildman–Crippen LogP) is 3.49. The molecule has 0 aromatic heterocycles. The van der Waals surface area contributed by atoms with Gasteiger partial charge in [0, 0.05) is 30.5 Å². The molecule has 1 aliphatic heterocycles. The molecule has 174 valence electrons. The lowest BCUT2D eigenvalue weighted by atomic mass is 10.1. The van der Waals surface area contributed by atoms with Crippen LogP contribution in [0.4, 0.5) is 17.1 Å². The second kappa shape index (κ2) is 10.1. The first kappa shape index (κ1) is 23.7. The van der Waals surface area contributed by atoms with Crippen molar-refractivity contribution in [2.24, 2.45) is 0 Å². The molecule has 3 rings (SSSR count). The molecule has 0 aliphatic carbocycles. The van der Waals surface area contributed by atoms with E-state index in [-0.39, 0.29) is 5.69 Å². The Morgan fingerprint density at radius 2 is 1.69 bits per heavy atom. The summed E-state index contributed by atoms with van der Waals surface area (Å²) in [6, 6.07) is 11.4. The van der Waals surface area contributed by atoms with Gasteiger partial charge in [0.1, 0.15) is 17.5 Å². The largest absolute Gasteiger partial charge is 0.497 e. The zero-order valence-electron chi connectivity index (χ0n) is 19.0. The number of amides is 1. The summed E-state index contributed by atoms with van der Waals surface area (Å²) in [7, 11) is -0.872. The Bertz CT molecular complexity index is 1030. The second-order valence-corrected chi connectivity index (χ2v) is 9.72. The molecule has 32 heavy (non-hydrogen) atoms. The molecule has 8 nitrogen and oxygen atoms in total. The number of benzene rings is 2. The first-order chi connectivity index (χ1) is 15.2. The van der Waals surface area contributed by atoms with Gasteiger partial charge in [-0.05, 0) is 62.6 Å².